The second-order valence-electron chi connectivity index (χ2n) is 4.72. The molecule has 0 aliphatic heterocycles. The van der Waals surface area contributed by atoms with Crippen molar-refractivity contribution in [3.63, 3.8) is 0 Å². The van der Waals surface area contributed by atoms with Crippen LogP contribution in [0, 0.1) is 11.3 Å². The average molecular weight is 316 g/mol. The Morgan fingerprint density at radius 1 is 1.18 bits per heavy atom. The lowest BCUT2D eigenvalue weighted by atomic mass is 10.1. The van der Waals surface area contributed by atoms with Crippen molar-refractivity contribution in [1.82, 2.24) is 4.72 Å². The Labute approximate surface area is 130 Å². The van der Waals surface area contributed by atoms with Gasteiger partial charge >= 0.3 is 0 Å². The number of benzene rings is 2. The molecule has 22 heavy (non-hydrogen) atoms. The van der Waals surface area contributed by atoms with E-state index in [4.69, 9.17) is 10.00 Å². The molecular weight excluding hydrogens is 300 g/mol. The van der Waals surface area contributed by atoms with E-state index in [2.05, 4.69) is 4.72 Å². The molecule has 0 aliphatic rings. The minimum absolute atomic E-state index is 0.0632. The van der Waals surface area contributed by atoms with Gasteiger partial charge in [-0.05, 0) is 31.2 Å². The fraction of sp³-hybridized carbons (Fsp3) is 0.188. The fourth-order valence-corrected chi connectivity index (χ4v) is 3.39. The number of nitriles is 1. The topological polar surface area (TPSA) is 79.2 Å². The maximum atomic E-state index is 12.4. The van der Waals surface area contributed by atoms with Crippen molar-refractivity contribution in [2.75, 3.05) is 7.11 Å². The van der Waals surface area contributed by atoms with Crippen LogP contribution in [0.4, 0.5) is 0 Å². The number of nitrogens with one attached hydrogen (secondary N) is 1. The molecule has 0 fully saturated rings. The second kappa shape index (κ2) is 6.60. The fourth-order valence-electron chi connectivity index (χ4n) is 2.12. The van der Waals surface area contributed by atoms with Gasteiger partial charge in [-0.25, -0.2) is 13.1 Å². The molecule has 0 aromatic heterocycles. The molecule has 0 saturated carbocycles. The Hall–Kier alpha value is -2.36. The summed E-state index contributed by atoms with van der Waals surface area (Å²) in [5.41, 5.74) is 1.04. The Morgan fingerprint density at radius 2 is 1.91 bits per heavy atom. The lowest BCUT2D eigenvalue weighted by Gasteiger charge is -2.17. The second-order valence-corrected chi connectivity index (χ2v) is 6.44. The molecule has 0 aliphatic carbocycles. The number of nitrogens with zero attached hydrogens (tertiary/aromatic N) is 1. The van der Waals surface area contributed by atoms with Crippen molar-refractivity contribution in [1.29, 1.82) is 5.26 Å². The van der Waals surface area contributed by atoms with Crippen molar-refractivity contribution in [3.05, 3.63) is 59.7 Å². The first-order chi connectivity index (χ1) is 10.5. The van der Waals surface area contributed by atoms with E-state index >= 15 is 0 Å². The van der Waals surface area contributed by atoms with E-state index in [9.17, 15) is 8.42 Å². The molecule has 0 amide bonds. The highest BCUT2D eigenvalue weighted by atomic mass is 32.2. The minimum atomic E-state index is -3.72. The quantitative estimate of drug-likeness (QED) is 0.919. The summed E-state index contributed by atoms with van der Waals surface area (Å²) < 4.78 is 32.7. The van der Waals surface area contributed by atoms with Crippen LogP contribution in [-0.2, 0) is 10.0 Å². The first-order valence-electron chi connectivity index (χ1n) is 6.63. The highest BCUT2D eigenvalue weighted by Gasteiger charge is 2.20. The third-order valence-electron chi connectivity index (χ3n) is 3.21. The molecule has 2 rings (SSSR count). The predicted octanol–water partition coefficient (Wildman–Crippen LogP) is 2.61. The molecule has 114 valence electrons. The zero-order valence-electron chi connectivity index (χ0n) is 12.3. The molecule has 0 radical (unpaired) electrons. The van der Waals surface area contributed by atoms with Crippen LogP contribution in [-0.4, -0.2) is 15.5 Å². The van der Waals surface area contributed by atoms with Crippen molar-refractivity contribution in [2.45, 2.75) is 17.9 Å². The number of hydrogen-bond acceptors (Lipinski definition) is 4. The lowest BCUT2D eigenvalue weighted by molar-refractivity contribution is 0.405. The molecule has 0 bridgehead atoms. The van der Waals surface area contributed by atoms with Crippen LogP contribution in [0.15, 0.2) is 53.4 Å². The molecule has 0 saturated heterocycles. The monoisotopic (exact) mass is 316 g/mol. The van der Waals surface area contributed by atoms with Crippen LogP contribution < -0.4 is 9.46 Å². The van der Waals surface area contributed by atoms with Gasteiger partial charge in [0, 0.05) is 11.6 Å². The number of sulfonamides is 1. The molecule has 2 aromatic rings. The maximum Gasteiger partial charge on any atom is 0.241 e. The molecule has 0 unspecified atom stereocenters. The van der Waals surface area contributed by atoms with E-state index in [-0.39, 0.29) is 4.90 Å². The van der Waals surface area contributed by atoms with Crippen molar-refractivity contribution < 1.29 is 13.2 Å². The summed E-state index contributed by atoms with van der Waals surface area (Å²) in [5, 5.41) is 8.87. The Kier molecular flexibility index (Phi) is 4.81. The van der Waals surface area contributed by atoms with Gasteiger partial charge in [-0.2, -0.15) is 5.26 Å². The Morgan fingerprint density at radius 3 is 2.59 bits per heavy atom. The van der Waals surface area contributed by atoms with E-state index in [0.717, 1.165) is 5.56 Å². The van der Waals surface area contributed by atoms with Gasteiger partial charge in [0.05, 0.1) is 23.6 Å². The zero-order chi connectivity index (χ0) is 16.2. The molecule has 0 spiro atoms. The highest BCUT2D eigenvalue weighted by molar-refractivity contribution is 7.89. The van der Waals surface area contributed by atoms with E-state index in [0.29, 0.717) is 11.3 Å². The summed E-state index contributed by atoms with van der Waals surface area (Å²) in [5.74, 6) is 0.614. The molecule has 1 N–H and O–H groups in total. The van der Waals surface area contributed by atoms with E-state index < -0.39 is 16.1 Å². The highest BCUT2D eigenvalue weighted by Crippen LogP contribution is 2.25. The standard InChI is InChI=1S/C16H16N2O3S/c1-12(15-8-3-4-9-16(15)21-2)18-22(19,20)14-7-5-6-13(10-14)11-17/h3-10,12,18H,1-2H3/t12-/m1/s1. The molecule has 6 heteroatoms. The van der Waals surface area contributed by atoms with Crippen LogP contribution in [0.2, 0.25) is 0 Å². The first kappa shape index (κ1) is 16.0. The van der Waals surface area contributed by atoms with Gasteiger partial charge in [0.25, 0.3) is 0 Å². The largest absolute Gasteiger partial charge is 0.496 e. The predicted molar refractivity (Wildman–Crippen MR) is 82.9 cm³/mol. The van der Waals surface area contributed by atoms with Crippen molar-refractivity contribution in [2.24, 2.45) is 0 Å². The van der Waals surface area contributed by atoms with Crippen LogP contribution >= 0.6 is 0 Å². The smallest absolute Gasteiger partial charge is 0.241 e. The number of methoxy groups -OCH3 is 1. The van der Waals surface area contributed by atoms with Gasteiger partial charge in [0.15, 0.2) is 0 Å². The van der Waals surface area contributed by atoms with Gasteiger partial charge in [-0.15, -0.1) is 0 Å². The summed E-state index contributed by atoms with van der Waals surface area (Å²) in [6.45, 7) is 1.74. The number of ether oxygens (including phenoxy) is 1. The van der Waals surface area contributed by atoms with E-state index in [1.165, 1.54) is 19.2 Å². The summed E-state index contributed by atoms with van der Waals surface area (Å²) >= 11 is 0. The van der Waals surface area contributed by atoms with Gasteiger partial charge in [0.1, 0.15) is 5.75 Å². The SMILES string of the molecule is COc1ccccc1[C@@H](C)NS(=O)(=O)c1cccc(C#N)c1. The summed E-state index contributed by atoms with van der Waals surface area (Å²) in [6.07, 6.45) is 0. The summed E-state index contributed by atoms with van der Waals surface area (Å²) in [7, 11) is -2.18. The number of hydrogen-bond donors (Lipinski definition) is 1. The lowest BCUT2D eigenvalue weighted by Crippen LogP contribution is -2.27. The molecule has 1 atom stereocenters. The van der Waals surface area contributed by atoms with Crippen LogP contribution in [0.25, 0.3) is 0 Å². The van der Waals surface area contributed by atoms with Gasteiger partial charge < -0.3 is 4.74 Å². The van der Waals surface area contributed by atoms with Crippen LogP contribution in [0.1, 0.15) is 24.1 Å². The Balaban J connectivity index is 2.30. The molecule has 0 heterocycles. The van der Waals surface area contributed by atoms with Gasteiger partial charge in [0.2, 0.25) is 10.0 Å². The number of para-hydroxylation sites is 1. The molecule has 5 nitrogen and oxygen atoms in total. The normalized spacial score (nSPS) is 12.4. The first-order valence-corrected chi connectivity index (χ1v) is 8.11. The van der Waals surface area contributed by atoms with E-state index in [1.807, 2.05) is 18.2 Å². The third kappa shape index (κ3) is 3.45. The summed E-state index contributed by atoms with van der Waals surface area (Å²) in [4.78, 5) is 0.0632. The van der Waals surface area contributed by atoms with E-state index in [1.54, 1.807) is 31.2 Å². The average Bonchev–Trinajstić information content (AvgIpc) is 2.54. The minimum Gasteiger partial charge on any atom is -0.496 e. The Bertz CT molecular complexity index is 810. The maximum absolute atomic E-state index is 12.4. The van der Waals surface area contributed by atoms with Gasteiger partial charge in [-0.1, -0.05) is 24.3 Å². The zero-order valence-corrected chi connectivity index (χ0v) is 13.1. The molecule has 2 aromatic carbocycles. The van der Waals surface area contributed by atoms with Crippen molar-refractivity contribution in [3.8, 4) is 11.8 Å². The van der Waals surface area contributed by atoms with Crippen LogP contribution in [0.3, 0.4) is 0 Å². The summed E-state index contributed by atoms with van der Waals surface area (Å²) in [6, 6.07) is 14.6. The molecular formula is C16H16N2O3S. The number of rotatable bonds is 5. The van der Waals surface area contributed by atoms with Gasteiger partial charge in [-0.3, -0.25) is 0 Å². The van der Waals surface area contributed by atoms with Crippen LogP contribution in [0.5, 0.6) is 5.75 Å². The third-order valence-corrected chi connectivity index (χ3v) is 4.75. The van der Waals surface area contributed by atoms with Crippen molar-refractivity contribution >= 4 is 10.0 Å².